The zero-order valence-electron chi connectivity index (χ0n) is 11.0. The minimum atomic E-state index is -4.40. The van der Waals surface area contributed by atoms with Crippen molar-refractivity contribution >= 4 is 27.5 Å². The van der Waals surface area contributed by atoms with Gasteiger partial charge in [0.2, 0.25) is 0 Å². The number of alkyl halides is 3. The number of benzene rings is 1. The quantitative estimate of drug-likeness (QED) is 0.655. The van der Waals surface area contributed by atoms with Gasteiger partial charge in [-0.05, 0) is 34.5 Å². The van der Waals surface area contributed by atoms with E-state index in [1.165, 1.54) is 12.1 Å². The highest BCUT2D eigenvalue weighted by Gasteiger charge is 2.30. The van der Waals surface area contributed by atoms with E-state index in [4.69, 9.17) is 11.6 Å². The van der Waals surface area contributed by atoms with Crippen LogP contribution in [0.3, 0.4) is 0 Å². The molecule has 112 valence electrons. The molecule has 0 aliphatic carbocycles. The Morgan fingerprint density at radius 2 is 1.95 bits per heavy atom. The van der Waals surface area contributed by atoms with E-state index in [1.54, 1.807) is 0 Å². The molecule has 1 heterocycles. The number of halogens is 5. The smallest absolute Gasteiger partial charge is 0.232 e. The molecule has 0 fully saturated rings. The van der Waals surface area contributed by atoms with Crippen LogP contribution < -0.4 is 0 Å². The third-order valence-electron chi connectivity index (χ3n) is 2.81. The molecule has 0 amide bonds. The third-order valence-corrected chi connectivity index (χ3v) is 4.15. The van der Waals surface area contributed by atoms with E-state index in [0.717, 1.165) is 18.6 Å². The minimum absolute atomic E-state index is 0.192. The van der Waals surface area contributed by atoms with E-state index in [9.17, 15) is 13.2 Å². The first-order valence-corrected chi connectivity index (χ1v) is 7.39. The first-order chi connectivity index (χ1) is 9.82. The van der Waals surface area contributed by atoms with Crippen LogP contribution in [0.15, 0.2) is 28.7 Å². The Hall–Kier alpha value is -1.14. The van der Waals surface area contributed by atoms with Gasteiger partial charge in [0.1, 0.15) is 5.15 Å². The van der Waals surface area contributed by atoms with Crippen LogP contribution in [0.2, 0.25) is 5.15 Å². The average molecular weight is 380 g/mol. The van der Waals surface area contributed by atoms with Crippen LogP contribution in [0.25, 0.3) is 11.4 Å². The summed E-state index contributed by atoms with van der Waals surface area (Å²) in [5.41, 5.74) is 0.237. The standard InChI is InChI=1S/C14H11BrClF3N2/c1-2-4-10-11(15)12(16)21-13(20-10)8-5-3-6-9(7-8)14(17,18)19/h3,5-7H,2,4H2,1H3. The summed E-state index contributed by atoms with van der Waals surface area (Å²) in [5.74, 6) is 0.192. The monoisotopic (exact) mass is 378 g/mol. The van der Waals surface area contributed by atoms with E-state index in [1.807, 2.05) is 6.92 Å². The average Bonchev–Trinajstić information content (AvgIpc) is 2.43. The van der Waals surface area contributed by atoms with Crippen LogP contribution in [-0.4, -0.2) is 9.97 Å². The summed E-state index contributed by atoms with van der Waals surface area (Å²) in [7, 11) is 0. The van der Waals surface area contributed by atoms with Gasteiger partial charge in [0.15, 0.2) is 5.82 Å². The Morgan fingerprint density at radius 3 is 2.57 bits per heavy atom. The number of hydrogen-bond donors (Lipinski definition) is 0. The van der Waals surface area contributed by atoms with Gasteiger partial charge in [-0.2, -0.15) is 13.2 Å². The molecule has 0 saturated heterocycles. The Kier molecular flexibility index (Phi) is 4.88. The normalized spacial score (nSPS) is 11.7. The molecule has 0 spiro atoms. The molecule has 1 aromatic heterocycles. The molecule has 0 saturated carbocycles. The van der Waals surface area contributed by atoms with Crippen molar-refractivity contribution in [3.63, 3.8) is 0 Å². The van der Waals surface area contributed by atoms with Crippen LogP contribution in [0.1, 0.15) is 24.6 Å². The van der Waals surface area contributed by atoms with Crippen molar-refractivity contribution in [2.24, 2.45) is 0 Å². The number of rotatable bonds is 3. The highest BCUT2D eigenvalue weighted by atomic mass is 79.9. The van der Waals surface area contributed by atoms with Crippen LogP contribution in [0, 0.1) is 0 Å². The lowest BCUT2D eigenvalue weighted by Gasteiger charge is -2.10. The number of aryl methyl sites for hydroxylation is 1. The van der Waals surface area contributed by atoms with E-state index in [2.05, 4.69) is 25.9 Å². The molecule has 21 heavy (non-hydrogen) atoms. The maximum absolute atomic E-state index is 12.8. The highest BCUT2D eigenvalue weighted by molar-refractivity contribution is 9.10. The summed E-state index contributed by atoms with van der Waals surface area (Å²) >= 11 is 9.31. The molecule has 0 aliphatic heterocycles. The number of aromatic nitrogens is 2. The maximum atomic E-state index is 12.8. The fourth-order valence-corrected chi connectivity index (χ4v) is 2.39. The van der Waals surface area contributed by atoms with Gasteiger partial charge in [-0.15, -0.1) is 0 Å². The summed E-state index contributed by atoms with van der Waals surface area (Å²) < 4.78 is 38.8. The van der Waals surface area contributed by atoms with Crippen LogP contribution in [-0.2, 0) is 12.6 Å². The molecule has 0 aliphatic rings. The molecule has 2 rings (SSSR count). The van der Waals surface area contributed by atoms with Crippen molar-refractivity contribution in [1.29, 1.82) is 0 Å². The van der Waals surface area contributed by atoms with Gasteiger partial charge in [0.05, 0.1) is 15.7 Å². The Morgan fingerprint density at radius 1 is 1.24 bits per heavy atom. The van der Waals surface area contributed by atoms with Gasteiger partial charge < -0.3 is 0 Å². The molecule has 0 atom stereocenters. The van der Waals surface area contributed by atoms with Crippen molar-refractivity contribution in [2.75, 3.05) is 0 Å². The summed E-state index contributed by atoms with van der Waals surface area (Å²) in [4.78, 5) is 8.36. The topological polar surface area (TPSA) is 25.8 Å². The van der Waals surface area contributed by atoms with Crippen LogP contribution >= 0.6 is 27.5 Å². The molecule has 2 nitrogen and oxygen atoms in total. The maximum Gasteiger partial charge on any atom is 0.416 e. The lowest BCUT2D eigenvalue weighted by Crippen LogP contribution is -2.05. The Labute approximate surface area is 133 Å². The Bertz CT molecular complexity index is 659. The SMILES string of the molecule is CCCc1nc(-c2cccc(C(F)(F)F)c2)nc(Cl)c1Br. The first kappa shape index (κ1) is 16.2. The Balaban J connectivity index is 2.52. The fraction of sp³-hybridized carbons (Fsp3) is 0.286. The molecule has 0 radical (unpaired) electrons. The van der Waals surface area contributed by atoms with E-state index >= 15 is 0 Å². The van der Waals surface area contributed by atoms with Gasteiger partial charge in [0.25, 0.3) is 0 Å². The fourth-order valence-electron chi connectivity index (χ4n) is 1.83. The molecular weight excluding hydrogens is 369 g/mol. The molecule has 2 aromatic rings. The zero-order chi connectivity index (χ0) is 15.6. The van der Waals surface area contributed by atoms with E-state index in [0.29, 0.717) is 16.6 Å². The van der Waals surface area contributed by atoms with Gasteiger partial charge in [-0.25, -0.2) is 9.97 Å². The molecule has 0 bridgehead atoms. The second-order valence-corrected chi connectivity index (χ2v) is 5.58. The largest absolute Gasteiger partial charge is 0.416 e. The predicted octanol–water partition coefficient (Wildman–Crippen LogP) is 5.53. The molecular formula is C14H11BrClF3N2. The van der Waals surface area contributed by atoms with Crippen molar-refractivity contribution < 1.29 is 13.2 Å². The van der Waals surface area contributed by atoms with E-state index < -0.39 is 11.7 Å². The lowest BCUT2D eigenvalue weighted by atomic mass is 10.1. The van der Waals surface area contributed by atoms with Gasteiger partial charge in [-0.3, -0.25) is 0 Å². The summed E-state index contributed by atoms with van der Waals surface area (Å²) in [6, 6.07) is 4.90. The highest BCUT2D eigenvalue weighted by Crippen LogP contribution is 2.33. The molecule has 0 unspecified atom stereocenters. The second-order valence-electron chi connectivity index (χ2n) is 4.43. The van der Waals surface area contributed by atoms with E-state index in [-0.39, 0.29) is 16.5 Å². The minimum Gasteiger partial charge on any atom is -0.232 e. The summed E-state index contributed by atoms with van der Waals surface area (Å²) in [6.45, 7) is 1.98. The molecule has 0 N–H and O–H groups in total. The second kappa shape index (κ2) is 6.32. The molecule has 1 aromatic carbocycles. The predicted molar refractivity (Wildman–Crippen MR) is 79.2 cm³/mol. The van der Waals surface area contributed by atoms with Crippen LogP contribution in [0.4, 0.5) is 13.2 Å². The summed E-state index contributed by atoms with van der Waals surface area (Å²) in [5, 5.41) is 0.195. The van der Waals surface area contributed by atoms with Gasteiger partial charge in [0, 0.05) is 5.56 Å². The van der Waals surface area contributed by atoms with Crippen molar-refractivity contribution in [1.82, 2.24) is 9.97 Å². The van der Waals surface area contributed by atoms with Crippen molar-refractivity contribution in [2.45, 2.75) is 25.9 Å². The van der Waals surface area contributed by atoms with Crippen molar-refractivity contribution in [3.05, 3.63) is 45.1 Å². The lowest BCUT2D eigenvalue weighted by molar-refractivity contribution is -0.137. The zero-order valence-corrected chi connectivity index (χ0v) is 13.3. The van der Waals surface area contributed by atoms with Gasteiger partial charge in [-0.1, -0.05) is 37.1 Å². The number of nitrogens with zero attached hydrogens (tertiary/aromatic N) is 2. The molecule has 7 heteroatoms. The van der Waals surface area contributed by atoms with Crippen LogP contribution in [0.5, 0.6) is 0 Å². The summed E-state index contributed by atoms with van der Waals surface area (Å²) in [6.07, 6.45) is -2.90. The first-order valence-electron chi connectivity index (χ1n) is 6.22. The number of hydrogen-bond acceptors (Lipinski definition) is 2. The third kappa shape index (κ3) is 3.74. The van der Waals surface area contributed by atoms with Gasteiger partial charge >= 0.3 is 6.18 Å². The van der Waals surface area contributed by atoms with Crippen molar-refractivity contribution in [3.8, 4) is 11.4 Å².